The van der Waals surface area contributed by atoms with Crippen LogP contribution in [0.1, 0.15) is 19.5 Å². The van der Waals surface area contributed by atoms with Crippen LogP contribution in [0.5, 0.6) is 0 Å². The average Bonchev–Trinajstić information content (AvgIpc) is 2.64. The molecule has 3 heteroatoms. The van der Waals surface area contributed by atoms with Crippen LogP contribution >= 0.6 is 0 Å². The van der Waals surface area contributed by atoms with Gasteiger partial charge in [-0.2, -0.15) is 0 Å². The number of nitrogens with one attached hydrogen (secondary N) is 2. The second-order valence-electron chi connectivity index (χ2n) is 3.88. The number of hydrogen-bond acceptors (Lipinski definition) is 2. The van der Waals surface area contributed by atoms with Gasteiger partial charge in [0.25, 0.3) is 0 Å². The van der Waals surface area contributed by atoms with Gasteiger partial charge in [-0.15, -0.1) is 0 Å². The molecule has 80 valence electrons. The summed E-state index contributed by atoms with van der Waals surface area (Å²) in [5.41, 5.74) is 1.21. The highest BCUT2D eigenvalue weighted by atomic mass is 16.5. The quantitative estimate of drug-likeness (QED) is 0.727. The van der Waals surface area contributed by atoms with Gasteiger partial charge in [-0.3, -0.25) is 0 Å². The van der Waals surface area contributed by atoms with E-state index >= 15 is 0 Å². The Kier molecular flexibility index (Phi) is 4.70. The van der Waals surface area contributed by atoms with E-state index in [4.69, 9.17) is 4.74 Å². The van der Waals surface area contributed by atoms with Gasteiger partial charge in [-0.1, -0.05) is 13.8 Å². The maximum Gasteiger partial charge on any atom is 0.0618 e. The van der Waals surface area contributed by atoms with Crippen molar-refractivity contribution in [2.24, 2.45) is 5.92 Å². The Hall–Kier alpha value is -0.800. The third-order valence-electron chi connectivity index (χ3n) is 2.37. The summed E-state index contributed by atoms with van der Waals surface area (Å²) in [6.45, 7) is 6.04. The number of H-pyrrole nitrogens is 1. The van der Waals surface area contributed by atoms with Crippen LogP contribution < -0.4 is 5.32 Å². The van der Waals surface area contributed by atoms with Gasteiger partial charge in [-0.05, 0) is 18.1 Å². The van der Waals surface area contributed by atoms with Gasteiger partial charge >= 0.3 is 0 Å². The lowest BCUT2D eigenvalue weighted by Gasteiger charge is -2.21. The van der Waals surface area contributed by atoms with Gasteiger partial charge in [-0.25, -0.2) is 0 Å². The molecule has 0 aliphatic rings. The van der Waals surface area contributed by atoms with E-state index in [2.05, 4.69) is 30.2 Å². The highest BCUT2D eigenvalue weighted by Gasteiger charge is 2.11. The van der Waals surface area contributed by atoms with E-state index in [-0.39, 0.29) is 0 Å². The Bertz CT molecular complexity index is 231. The molecule has 0 fully saturated rings. The molecular formula is C11H20N2O. The highest BCUT2D eigenvalue weighted by Crippen LogP contribution is 2.03. The predicted octanol–water partition coefficient (Wildman–Crippen LogP) is 1.78. The lowest BCUT2D eigenvalue weighted by molar-refractivity contribution is 0.146. The predicted molar refractivity (Wildman–Crippen MR) is 58.1 cm³/mol. The Morgan fingerprint density at radius 3 is 2.79 bits per heavy atom. The second-order valence-corrected chi connectivity index (χ2v) is 3.88. The van der Waals surface area contributed by atoms with E-state index in [1.54, 1.807) is 7.11 Å². The Labute approximate surface area is 85.9 Å². The van der Waals surface area contributed by atoms with Crippen LogP contribution in [0.15, 0.2) is 18.3 Å². The number of ether oxygens (including phenoxy) is 1. The molecule has 1 atom stereocenters. The van der Waals surface area contributed by atoms with Crippen molar-refractivity contribution in [1.29, 1.82) is 0 Å². The smallest absolute Gasteiger partial charge is 0.0618 e. The summed E-state index contributed by atoms with van der Waals surface area (Å²) < 4.78 is 5.16. The molecule has 0 aliphatic carbocycles. The molecule has 0 radical (unpaired) electrons. The molecule has 1 unspecified atom stereocenters. The molecule has 1 rings (SSSR count). The number of methoxy groups -OCH3 is 1. The van der Waals surface area contributed by atoms with Crippen LogP contribution in [0, 0.1) is 5.92 Å². The minimum atomic E-state index is 0.420. The van der Waals surface area contributed by atoms with Crippen molar-refractivity contribution in [1.82, 2.24) is 10.3 Å². The molecule has 0 amide bonds. The molecule has 0 saturated heterocycles. The molecule has 2 N–H and O–H groups in total. The fraction of sp³-hybridized carbons (Fsp3) is 0.636. The number of hydrogen-bond donors (Lipinski definition) is 2. The van der Waals surface area contributed by atoms with E-state index in [9.17, 15) is 0 Å². The average molecular weight is 196 g/mol. The maximum absolute atomic E-state index is 5.16. The molecule has 0 bridgehead atoms. The summed E-state index contributed by atoms with van der Waals surface area (Å²) in [6, 6.07) is 4.51. The van der Waals surface area contributed by atoms with Crippen LogP contribution in [0.4, 0.5) is 0 Å². The van der Waals surface area contributed by atoms with Crippen LogP contribution in [-0.2, 0) is 11.3 Å². The standard InChI is InChI=1S/C11H20N2O/c1-9(2)11(8-14-3)13-7-10-5-4-6-12-10/h4-6,9,11-13H,7-8H2,1-3H3. The molecule has 0 saturated carbocycles. The molecule has 14 heavy (non-hydrogen) atoms. The van der Waals surface area contributed by atoms with Crippen LogP contribution in [0.3, 0.4) is 0 Å². The fourth-order valence-corrected chi connectivity index (χ4v) is 1.39. The Balaban J connectivity index is 2.33. The zero-order valence-corrected chi connectivity index (χ0v) is 9.21. The van der Waals surface area contributed by atoms with E-state index in [1.807, 2.05) is 12.3 Å². The number of aromatic nitrogens is 1. The van der Waals surface area contributed by atoms with Gasteiger partial charge in [0.1, 0.15) is 0 Å². The van der Waals surface area contributed by atoms with E-state index in [1.165, 1.54) is 5.69 Å². The van der Waals surface area contributed by atoms with Crippen LogP contribution in [-0.4, -0.2) is 24.7 Å². The summed E-state index contributed by atoms with van der Waals surface area (Å²) in [5, 5.41) is 3.47. The lowest BCUT2D eigenvalue weighted by atomic mass is 10.1. The van der Waals surface area contributed by atoms with Crippen LogP contribution in [0.25, 0.3) is 0 Å². The molecular weight excluding hydrogens is 176 g/mol. The summed E-state index contributed by atoms with van der Waals surface area (Å²) >= 11 is 0. The first-order chi connectivity index (χ1) is 6.74. The number of rotatable bonds is 6. The van der Waals surface area contributed by atoms with E-state index in [0.29, 0.717) is 12.0 Å². The zero-order valence-electron chi connectivity index (χ0n) is 9.21. The third kappa shape index (κ3) is 3.52. The molecule has 0 spiro atoms. The maximum atomic E-state index is 5.16. The van der Waals surface area contributed by atoms with E-state index < -0.39 is 0 Å². The van der Waals surface area contributed by atoms with Gasteiger partial charge in [0.2, 0.25) is 0 Å². The molecule has 1 aromatic heterocycles. The number of aromatic amines is 1. The largest absolute Gasteiger partial charge is 0.383 e. The first-order valence-electron chi connectivity index (χ1n) is 5.08. The highest BCUT2D eigenvalue weighted by molar-refractivity contribution is 5.03. The zero-order chi connectivity index (χ0) is 10.4. The van der Waals surface area contributed by atoms with Crippen molar-refractivity contribution in [2.75, 3.05) is 13.7 Å². The van der Waals surface area contributed by atoms with Crippen molar-refractivity contribution >= 4 is 0 Å². The SMILES string of the molecule is COCC(NCc1ccc[nH]1)C(C)C. The van der Waals surface area contributed by atoms with E-state index in [0.717, 1.165) is 13.2 Å². The van der Waals surface area contributed by atoms with Gasteiger partial charge in [0.05, 0.1) is 6.61 Å². The fourth-order valence-electron chi connectivity index (χ4n) is 1.39. The second kappa shape index (κ2) is 5.83. The minimum Gasteiger partial charge on any atom is -0.383 e. The molecule has 1 aromatic rings. The van der Waals surface area contributed by atoms with Gasteiger partial charge < -0.3 is 15.0 Å². The van der Waals surface area contributed by atoms with Crippen molar-refractivity contribution in [3.63, 3.8) is 0 Å². The van der Waals surface area contributed by atoms with Crippen molar-refractivity contribution in [3.8, 4) is 0 Å². The van der Waals surface area contributed by atoms with Crippen LogP contribution in [0.2, 0.25) is 0 Å². The van der Waals surface area contributed by atoms with Gasteiger partial charge in [0, 0.05) is 31.6 Å². The molecule has 1 heterocycles. The molecule has 3 nitrogen and oxygen atoms in total. The monoisotopic (exact) mass is 196 g/mol. The summed E-state index contributed by atoms with van der Waals surface area (Å²) in [5.74, 6) is 0.588. The summed E-state index contributed by atoms with van der Waals surface area (Å²) in [4.78, 5) is 3.17. The molecule has 0 aliphatic heterocycles. The summed E-state index contributed by atoms with van der Waals surface area (Å²) in [6.07, 6.45) is 1.94. The molecule has 0 aromatic carbocycles. The first-order valence-corrected chi connectivity index (χ1v) is 5.08. The third-order valence-corrected chi connectivity index (χ3v) is 2.37. The van der Waals surface area contributed by atoms with Crippen molar-refractivity contribution < 1.29 is 4.74 Å². The summed E-state index contributed by atoms with van der Waals surface area (Å²) in [7, 11) is 1.74. The Morgan fingerprint density at radius 2 is 2.29 bits per heavy atom. The Morgan fingerprint density at radius 1 is 1.50 bits per heavy atom. The van der Waals surface area contributed by atoms with Gasteiger partial charge in [0.15, 0.2) is 0 Å². The van der Waals surface area contributed by atoms with Crippen molar-refractivity contribution in [3.05, 3.63) is 24.0 Å². The first kappa shape index (κ1) is 11.3. The lowest BCUT2D eigenvalue weighted by Crippen LogP contribution is -2.37. The normalized spacial score (nSPS) is 13.4. The topological polar surface area (TPSA) is 37.0 Å². The minimum absolute atomic E-state index is 0.420. The van der Waals surface area contributed by atoms with Crippen molar-refractivity contribution in [2.45, 2.75) is 26.4 Å².